The molecular formula is C21H15F5N4O4. The summed E-state index contributed by atoms with van der Waals surface area (Å²) in [5.74, 6) is -3.06. The van der Waals surface area contributed by atoms with Crippen molar-refractivity contribution in [3.8, 4) is 17.4 Å². The van der Waals surface area contributed by atoms with Gasteiger partial charge in [0, 0.05) is 18.3 Å². The van der Waals surface area contributed by atoms with E-state index in [2.05, 4.69) is 9.97 Å². The van der Waals surface area contributed by atoms with Crippen LogP contribution >= 0.6 is 0 Å². The first-order valence-electron chi connectivity index (χ1n) is 9.97. The smallest absolute Gasteiger partial charge is 0.433 e. The van der Waals surface area contributed by atoms with E-state index in [1.807, 2.05) is 4.90 Å². The van der Waals surface area contributed by atoms with Crippen molar-refractivity contribution < 1.29 is 36.2 Å². The normalized spacial score (nSPS) is 17.0. The van der Waals surface area contributed by atoms with Crippen LogP contribution in [0.5, 0.6) is 17.4 Å². The van der Waals surface area contributed by atoms with E-state index >= 15 is 0 Å². The number of pyridine rings is 1. The maximum absolute atomic E-state index is 14.5. The molecule has 0 amide bonds. The molecule has 8 nitrogen and oxygen atoms in total. The lowest BCUT2D eigenvalue weighted by Gasteiger charge is -2.15. The SMILES string of the molecule is O=c1nc(OCc2cc(F)c(Oc3ccnc(C(F)(F)F)c3)c(F)c2)cc2n1C[C@H]1COCN21. The highest BCUT2D eigenvalue weighted by atomic mass is 19.4. The van der Waals surface area contributed by atoms with Crippen LogP contribution in [0.1, 0.15) is 11.3 Å². The molecule has 2 aliphatic heterocycles. The Morgan fingerprint density at radius 3 is 2.65 bits per heavy atom. The van der Waals surface area contributed by atoms with E-state index in [-0.39, 0.29) is 24.1 Å². The monoisotopic (exact) mass is 482 g/mol. The Morgan fingerprint density at radius 2 is 1.91 bits per heavy atom. The topological polar surface area (TPSA) is 78.7 Å². The summed E-state index contributed by atoms with van der Waals surface area (Å²) in [6.45, 7) is 0.938. The van der Waals surface area contributed by atoms with Gasteiger partial charge < -0.3 is 19.1 Å². The van der Waals surface area contributed by atoms with Gasteiger partial charge in [0.15, 0.2) is 17.4 Å². The second-order valence-electron chi connectivity index (χ2n) is 7.62. The minimum absolute atomic E-state index is 0.0265. The summed E-state index contributed by atoms with van der Waals surface area (Å²) in [4.78, 5) is 21.2. The van der Waals surface area contributed by atoms with Crippen LogP contribution in [0.15, 0.2) is 41.3 Å². The van der Waals surface area contributed by atoms with Gasteiger partial charge in [-0.25, -0.2) is 13.6 Å². The molecule has 5 rings (SSSR count). The summed E-state index contributed by atoms with van der Waals surface area (Å²) in [7, 11) is 0. The minimum Gasteiger partial charge on any atom is -0.473 e. The number of hydrogen-bond acceptors (Lipinski definition) is 7. The van der Waals surface area contributed by atoms with Crippen molar-refractivity contribution in [1.29, 1.82) is 0 Å². The maximum Gasteiger partial charge on any atom is 0.433 e. The van der Waals surface area contributed by atoms with Crippen molar-refractivity contribution in [2.75, 3.05) is 18.2 Å². The Kier molecular flexibility index (Phi) is 5.35. The third-order valence-electron chi connectivity index (χ3n) is 5.32. The van der Waals surface area contributed by atoms with Crippen LogP contribution in [0, 0.1) is 11.6 Å². The zero-order chi connectivity index (χ0) is 24.0. The molecule has 178 valence electrons. The molecule has 4 heterocycles. The zero-order valence-corrected chi connectivity index (χ0v) is 17.2. The summed E-state index contributed by atoms with van der Waals surface area (Å²) in [6.07, 6.45) is -3.92. The van der Waals surface area contributed by atoms with Crippen LogP contribution in [-0.2, 0) is 24.1 Å². The molecule has 2 aliphatic rings. The molecule has 0 unspecified atom stereocenters. The Morgan fingerprint density at radius 1 is 1.15 bits per heavy atom. The van der Waals surface area contributed by atoms with Crippen LogP contribution in [0.25, 0.3) is 0 Å². The van der Waals surface area contributed by atoms with Crippen molar-refractivity contribution in [1.82, 2.24) is 14.5 Å². The number of fused-ring (bicyclic) bond motifs is 3. The average Bonchev–Trinajstić information content (AvgIpc) is 3.37. The van der Waals surface area contributed by atoms with Gasteiger partial charge in [-0.15, -0.1) is 0 Å². The molecule has 1 aromatic carbocycles. The van der Waals surface area contributed by atoms with Crippen molar-refractivity contribution in [2.45, 2.75) is 25.4 Å². The molecule has 0 spiro atoms. The van der Waals surface area contributed by atoms with Crippen molar-refractivity contribution in [3.63, 3.8) is 0 Å². The Hall–Kier alpha value is -3.74. The predicted molar refractivity (Wildman–Crippen MR) is 106 cm³/mol. The molecule has 2 aromatic heterocycles. The van der Waals surface area contributed by atoms with E-state index in [4.69, 9.17) is 14.2 Å². The molecule has 1 saturated heterocycles. The van der Waals surface area contributed by atoms with E-state index < -0.39 is 40.7 Å². The van der Waals surface area contributed by atoms with Gasteiger partial charge in [-0.2, -0.15) is 18.2 Å². The first kappa shape index (κ1) is 22.1. The third kappa shape index (κ3) is 4.14. The summed E-state index contributed by atoms with van der Waals surface area (Å²) < 4.78 is 84.7. The minimum atomic E-state index is -4.74. The molecule has 0 N–H and O–H groups in total. The summed E-state index contributed by atoms with van der Waals surface area (Å²) in [5, 5.41) is 0. The Balaban J connectivity index is 1.32. The zero-order valence-electron chi connectivity index (χ0n) is 17.2. The lowest BCUT2D eigenvalue weighted by atomic mass is 10.2. The fourth-order valence-corrected chi connectivity index (χ4v) is 3.75. The lowest BCUT2D eigenvalue weighted by Crippen LogP contribution is -2.26. The summed E-state index contributed by atoms with van der Waals surface area (Å²) in [6, 6.07) is 4.97. The van der Waals surface area contributed by atoms with E-state index in [0.717, 1.165) is 24.4 Å². The molecule has 0 radical (unpaired) electrons. The van der Waals surface area contributed by atoms with Crippen molar-refractivity contribution >= 4 is 5.82 Å². The number of ether oxygens (including phenoxy) is 3. The third-order valence-corrected chi connectivity index (χ3v) is 5.32. The molecule has 0 saturated carbocycles. The highest BCUT2D eigenvalue weighted by Crippen LogP contribution is 2.34. The number of halogens is 5. The molecule has 13 heteroatoms. The first-order chi connectivity index (χ1) is 16.2. The van der Waals surface area contributed by atoms with E-state index in [0.29, 0.717) is 31.8 Å². The average molecular weight is 482 g/mol. The van der Waals surface area contributed by atoms with Gasteiger partial charge in [0.2, 0.25) is 5.88 Å². The van der Waals surface area contributed by atoms with Gasteiger partial charge in [0.05, 0.1) is 19.2 Å². The van der Waals surface area contributed by atoms with Gasteiger partial charge in [-0.3, -0.25) is 9.55 Å². The summed E-state index contributed by atoms with van der Waals surface area (Å²) >= 11 is 0. The van der Waals surface area contributed by atoms with Crippen molar-refractivity contribution in [2.24, 2.45) is 0 Å². The van der Waals surface area contributed by atoms with Gasteiger partial charge in [-0.05, 0) is 23.8 Å². The van der Waals surface area contributed by atoms with Crippen LogP contribution in [-0.4, -0.2) is 33.9 Å². The quantitative estimate of drug-likeness (QED) is 0.516. The molecule has 0 bridgehead atoms. The highest BCUT2D eigenvalue weighted by molar-refractivity contribution is 5.47. The van der Waals surface area contributed by atoms with Crippen LogP contribution in [0.2, 0.25) is 0 Å². The van der Waals surface area contributed by atoms with Gasteiger partial charge in [-0.1, -0.05) is 0 Å². The standard InChI is InChI=1S/C21H15F5N4O4/c22-14-3-11(4-15(23)19(14)34-13-1-2-27-16(5-13)21(24,25)26)8-33-17-6-18-29(20(31)28-17)7-12-9-32-10-30(12)18/h1-6,12H,7-10H2/t12-/m0/s1. The number of nitrogens with zero attached hydrogens (tertiary/aromatic N) is 4. The van der Waals surface area contributed by atoms with Gasteiger partial charge in [0.25, 0.3) is 0 Å². The predicted octanol–water partition coefficient (Wildman–Crippen LogP) is 3.48. The van der Waals surface area contributed by atoms with E-state index in [1.54, 1.807) is 6.07 Å². The molecule has 0 aliphatic carbocycles. The Labute approximate surface area is 188 Å². The number of benzene rings is 1. The second kappa shape index (κ2) is 8.24. The Bertz CT molecular complexity index is 1290. The second-order valence-corrected chi connectivity index (χ2v) is 7.62. The molecule has 34 heavy (non-hydrogen) atoms. The van der Waals surface area contributed by atoms with Crippen LogP contribution in [0.3, 0.4) is 0 Å². The van der Waals surface area contributed by atoms with E-state index in [1.165, 1.54) is 4.57 Å². The lowest BCUT2D eigenvalue weighted by molar-refractivity contribution is -0.141. The largest absolute Gasteiger partial charge is 0.473 e. The van der Waals surface area contributed by atoms with E-state index in [9.17, 15) is 26.7 Å². The first-order valence-corrected chi connectivity index (χ1v) is 9.97. The van der Waals surface area contributed by atoms with Gasteiger partial charge in [0.1, 0.15) is 30.6 Å². The fourth-order valence-electron chi connectivity index (χ4n) is 3.75. The molecule has 3 aromatic rings. The highest BCUT2D eigenvalue weighted by Gasteiger charge is 2.35. The molecule has 1 fully saturated rings. The molecular weight excluding hydrogens is 467 g/mol. The summed E-state index contributed by atoms with van der Waals surface area (Å²) in [5.41, 5.74) is -1.73. The molecule has 1 atom stereocenters. The van der Waals surface area contributed by atoms with Crippen LogP contribution < -0.4 is 20.1 Å². The maximum atomic E-state index is 14.5. The number of anilines is 1. The number of aromatic nitrogens is 3. The number of alkyl halides is 3. The number of rotatable bonds is 5. The number of hydrogen-bond donors (Lipinski definition) is 0. The van der Waals surface area contributed by atoms with Gasteiger partial charge >= 0.3 is 11.9 Å². The fraction of sp³-hybridized carbons (Fsp3) is 0.286. The van der Waals surface area contributed by atoms with Crippen molar-refractivity contribution in [3.05, 3.63) is 69.9 Å². The van der Waals surface area contributed by atoms with Crippen LogP contribution in [0.4, 0.5) is 27.8 Å².